The zero-order valence-electron chi connectivity index (χ0n) is 10.9. The molecule has 0 radical (unpaired) electrons. The molecule has 0 aliphatic carbocycles. The zero-order chi connectivity index (χ0) is 14.1. The molecule has 2 N–H and O–H groups in total. The zero-order valence-corrected chi connectivity index (χ0v) is 10.9. The number of hydrogen-bond acceptors (Lipinski definition) is 3. The van der Waals surface area contributed by atoms with Crippen LogP contribution in [0.2, 0.25) is 0 Å². The first-order valence-electron chi connectivity index (χ1n) is 6.16. The molecule has 0 fully saturated rings. The highest BCUT2D eigenvalue weighted by Crippen LogP contribution is 2.27. The van der Waals surface area contributed by atoms with Crippen LogP contribution in [0.1, 0.15) is 5.56 Å². The SMILES string of the molecule is Cc1ccc(F)c(-n2cncc2-c2cccnc2N)c1. The lowest BCUT2D eigenvalue weighted by Crippen LogP contribution is -2.01. The van der Waals surface area contributed by atoms with E-state index in [-0.39, 0.29) is 5.82 Å². The normalized spacial score (nSPS) is 10.7. The van der Waals surface area contributed by atoms with Crippen molar-refractivity contribution in [3.63, 3.8) is 0 Å². The molecule has 2 aromatic heterocycles. The van der Waals surface area contributed by atoms with E-state index in [4.69, 9.17) is 5.73 Å². The summed E-state index contributed by atoms with van der Waals surface area (Å²) in [5, 5.41) is 0. The van der Waals surface area contributed by atoms with Crippen LogP contribution in [0.25, 0.3) is 16.9 Å². The highest BCUT2D eigenvalue weighted by atomic mass is 19.1. The quantitative estimate of drug-likeness (QED) is 0.777. The summed E-state index contributed by atoms with van der Waals surface area (Å²) in [6, 6.07) is 8.57. The fourth-order valence-electron chi connectivity index (χ4n) is 2.13. The summed E-state index contributed by atoms with van der Waals surface area (Å²) in [4.78, 5) is 8.15. The van der Waals surface area contributed by atoms with Crippen LogP contribution in [0.5, 0.6) is 0 Å². The molecule has 0 amide bonds. The smallest absolute Gasteiger partial charge is 0.147 e. The fourth-order valence-corrected chi connectivity index (χ4v) is 2.13. The summed E-state index contributed by atoms with van der Waals surface area (Å²) >= 11 is 0. The predicted molar refractivity (Wildman–Crippen MR) is 75.9 cm³/mol. The van der Waals surface area contributed by atoms with Gasteiger partial charge in [0.15, 0.2) is 0 Å². The van der Waals surface area contributed by atoms with Gasteiger partial charge in [-0.2, -0.15) is 0 Å². The van der Waals surface area contributed by atoms with E-state index in [9.17, 15) is 4.39 Å². The van der Waals surface area contributed by atoms with E-state index in [1.54, 1.807) is 41.5 Å². The van der Waals surface area contributed by atoms with Crippen molar-refractivity contribution in [3.05, 3.63) is 60.4 Å². The van der Waals surface area contributed by atoms with Gasteiger partial charge >= 0.3 is 0 Å². The Morgan fingerprint density at radius 2 is 2.10 bits per heavy atom. The minimum Gasteiger partial charge on any atom is -0.383 e. The van der Waals surface area contributed by atoms with Crippen molar-refractivity contribution < 1.29 is 4.39 Å². The minimum absolute atomic E-state index is 0.308. The molecule has 0 atom stereocenters. The Balaban J connectivity index is 2.21. The summed E-state index contributed by atoms with van der Waals surface area (Å²) in [7, 11) is 0. The van der Waals surface area contributed by atoms with Gasteiger partial charge in [-0.05, 0) is 36.8 Å². The van der Waals surface area contributed by atoms with Crippen molar-refractivity contribution in [3.8, 4) is 16.9 Å². The third-order valence-electron chi connectivity index (χ3n) is 3.11. The summed E-state index contributed by atoms with van der Waals surface area (Å²) in [6.45, 7) is 1.91. The van der Waals surface area contributed by atoms with E-state index < -0.39 is 0 Å². The van der Waals surface area contributed by atoms with Crippen LogP contribution < -0.4 is 5.73 Å². The second-order valence-electron chi connectivity index (χ2n) is 4.54. The molecule has 0 bridgehead atoms. The monoisotopic (exact) mass is 268 g/mol. The average molecular weight is 268 g/mol. The number of hydrogen-bond donors (Lipinski definition) is 1. The molecule has 4 nitrogen and oxygen atoms in total. The van der Waals surface area contributed by atoms with Crippen molar-refractivity contribution in [1.82, 2.24) is 14.5 Å². The second-order valence-corrected chi connectivity index (χ2v) is 4.54. The first-order chi connectivity index (χ1) is 9.66. The van der Waals surface area contributed by atoms with Gasteiger partial charge in [0.1, 0.15) is 11.6 Å². The molecule has 0 saturated heterocycles. The molecule has 0 aliphatic rings. The standard InChI is InChI=1S/C15H13FN4/c1-10-4-5-12(16)13(7-10)20-9-18-8-14(20)11-3-2-6-19-15(11)17/h2-9H,1H3,(H2,17,19). The van der Waals surface area contributed by atoms with Crippen molar-refractivity contribution in [1.29, 1.82) is 0 Å². The highest BCUT2D eigenvalue weighted by molar-refractivity contribution is 5.72. The third kappa shape index (κ3) is 2.03. The van der Waals surface area contributed by atoms with Crippen LogP contribution in [-0.2, 0) is 0 Å². The summed E-state index contributed by atoms with van der Waals surface area (Å²) in [5.41, 5.74) is 8.73. The Kier molecular flexibility index (Phi) is 2.95. The molecular weight excluding hydrogens is 255 g/mol. The maximum Gasteiger partial charge on any atom is 0.147 e. The number of nitrogens with zero attached hydrogens (tertiary/aromatic N) is 3. The molecule has 100 valence electrons. The van der Waals surface area contributed by atoms with Crippen LogP contribution in [0, 0.1) is 12.7 Å². The van der Waals surface area contributed by atoms with Gasteiger partial charge in [-0.1, -0.05) is 6.07 Å². The minimum atomic E-state index is -0.308. The van der Waals surface area contributed by atoms with E-state index in [1.165, 1.54) is 6.07 Å². The number of benzene rings is 1. The van der Waals surface area contributed by atoms with E-state index in [0.29, 0.717) is 17.2 Å². The first-order valence-corrected chi connectivity index (χ1v) is 6.16. The van der Waals surface area contributed by atoms with Crippen LogP contribution in [-0.4, -0.2) is 14.5 Å². The lowest BCUT2D eigenvalue weighted by atomic mass is 10.1. The van der Waals surface area contributed by atoms with Crippen LogP contribution in [0.4, 0.5) is 10.2 Å². The molecule has 1 aromatic carbocycles. The molecule has 0 spiro atoms. The van der Waals surface area contributed by atoms with Gasteiger partial charge in [0, 0.05) is 11.8 Å². The van der Waals surface area contributed by atoms with Gasteiger partial charge in [0.05, 0.1) is 23.9 Å². The fraction of sp³-hybridized carbons (Fsp3) is 0.0667. The predicted octanol–water partition coefficient (Wildman–Crippen LogP) is 2.96. The van der Waals surface area contributed by atoms with Crippen LogP contribution in [0.3, 0.4) is 0 Å². The number of rotatable bonds is 2. The molecule has 20 heavy (non-hydrogen) atoms. The molecule has 2 heterocycles. The Morgan fingerprint density at radius 1 is 1.25 bits per heavy atom. The maximum atomic E-state index is 14.0. The van der Waals surface area contributed by atoms with E-state index in [2.05, 4.69) is 9.97 Å². The average Bonchev–Trinajstić information content (AvgIpc) is 2.91. The number of aryl methyl sites for hydroxylation is 1. The molecule has 3 aromatic rings. The topological polar surface area (TPSA) is 56.7 Å². The lowest BCUT2D eigenvalue weighted by molar-refractivity contribution is 0.618. The number of halogens is 1. The number of nitrogen functional groups attached to an aromatic ring is 1. The van der Waals surface area contributed by atoms with E-state index in [0.717, 1.165) is 11.1 Å². The Bertz CT molecular complexity index is 764. The Labute approximate surface area is 115 Å². The second kappa shape index (κ2) is 4.77. The Morgan fingerprint density at radius 3 is 2.90 bits per heavy atom. The number of anilines is 1. The molecule has 0 aliphatic heterocycles. The van der Waals surface area contributed by atoms with Gasteiger partial charge < -0.3 is 5.73 Å². The van der Waals surface area contributed by atoms with Crippen LogP contribution in [0.15, 0.2) is 49.1 Å². The number of pyridine rings is 1. The summed E-state index contributed by atoms with van der Waals surface area (Å²) in [5.74, 6) is 0.0830. The molecule has 0 unspecified atom stereocenters. The largest absolute Gasteiger partial charge is 0.383 e. The molecular formula is C15H13FN4. The Hall–Kier alpha value is -2.69. The van der Waals surface area contributed by atoms with Gasteiger partial charge in [-0.25, -0.2) is 14.4 Å². The summed E-state index contributed by atoms with van der Waals surface area (Å²) < 4.78 is 15.7. The lowest BCUT2D eigenvalue weighted by Gasteiger charge is -2.11. The van der Waals surface area contributed by atoms with Gasteiger partial charge in [0.2, 0.25) is 0 Å². The summed E-state index contributed by atoms with van der Waals surface area (Å²) in [6.07, 6.45) is 4.83. The number of aromatic nitrogens is 3. The van der Waals surface area contributed by atoms with Gasteiger partial charge in [-0.15, -0.1) is 0 Å². The van der Waals surface area contributed by atoms with Crippen molar-refractivity contribution in [2.24, 2.45) is 0 Å². The molecule has 0 saturated carbocycles. The number of imidazole rings is 1. The van der Waals surface area contributed by atoms with Crippen molar-refractivity contribution in [2.45, 2.75) is 6.92 Å². The van der Waals surface area contributed by atoms with Crippen molar-refractivity contribution >= 4 is 5.82 Å². The first kappa shape index (κ1) is 12.3. The highest BCUT2D eigenvalue weighted by Gasteiger charge is 2.13. The van der Waals surface area contributed by atoms with Gasteiger partial charge in [-0.3, -0.25) is 4.57 Å². The third-order valence-corrected chi connectivity index (χ3v) is 3.11. The molecule has 3 rings (SSSR count). The van der Waals surface area contributed by atoms with Gasteiger partial charge in [0.25, 0.3) is 0 Å². The molecule has 5 heteroatoms. The van der Waals surface area contributed by atoms with Crippen molar-refractivity contribution in [2.75, 3.05) is 5.73 Å². The van der Waals surface area contributed by atoms with E-state index in [1.807, 2.05) is 13.0 Å². The van der Waals surface area contributed by atoms with E-state index >= 15 is 0 Å². The maximum absolute atomic E-state index is 14.0. The van der Waals surface area contributed by atoms with Crippen LogP contribution >= 0.6 is 0 Å². The number of nitrogens with two attached hydrogens (primary N) is 1.